The molecule has 18 heavy (non-hydrogen) atoms. The van der Waals surface area contributed by atoms with E-state index in [9.17, 15) is 13.2 Å². The first-order chi connectivity index (χ1) is 8.36. The van der Waals surface area contributed by atoms with E-state index in [2.05, 4.69) is 31.3 Å². The summed E-state index contributed by atoms with van der Waals surface area (Å²) < 4.78 is 40.2. The molecule has 2 aromatic heterocycles. The summed E-state index contributed by atoms with van der Waals surface area (Å²) in [6.45, 7) is 0. The molecule has 0 radical (unpaired) electrons. The van der Waals surface area contributed by atoms with Gasteiger partial charge >= 0.3 is 6.18 Å². The van der Waals surface area contributed by atoms with Crippen LogP contribution >= 0.6 is 15.9 Å². The number of anilines is 2. The molecule has 0 aliphatic carbocycles. The quantitative estimate of drug-likeness (QED) is 0.922. The summed E-state index contributed by atoms with van der Waals surface area (Å²) in [6.07, 6.45) is -1.57. The number of rotatable bonds is 2. The highest BCUT2D eigenvalue weighted by molar-refractivity contribution is 9.10. The highest BCUT2D eigenvalue weighted by atomic mass is 79.9. The highest BCUT2D eigenvalue weighted by Gasteiger charge is 2.34. The molecule has 1 N–H and O–H groups in total. The molecule has 0 saturated heterocycles. The third-order valence-electron chi connectivity index (χ3n) is 2.12. The minimum Gasteiger partial charge on any atom is -0.323 e. The molecule has 4 nitrogen and oxygen atoms in total. The van der Waals surface area contributed by atoms with Gasteiger partial charge in [0.15, 0.2) is 5.82 Å². The number of aromatic nitrogens is 3. The van der Waals surface area contributed by atoms with E-state index in [0.717, 1.165) is 6.07 Å². The van der Waals surface area contributed by atoms with Crippen LogP contribution in [0.5, 0.6) is 0 Å². The smallest absolute Gasteiger partial charge is 0.323 e. The number of alkyl halides is 3. The molecule has 0 spiro atoms. The van der Waals surface area contributed by atoms with Crippen molar-refractivity contribution in [3.05, 3.63) is 34.6 Å². The van der Waals surface area contributed by atoms with Gasteiger partial charge in [-0.3, -0.25) is 4.68 Å². The van der Waals surface area contributed by atoms with Gasteiger partial charge in [0.1, 0.15) is 5.82 Å². The van der Waals surface area contributed by atoms with Crippen LogP contribution in [-0.2, 0) is 13.2 Å². The number of pyridine rings is 1. The van der Waals surface area contributed by atoms with E-state index < -0.39 is 11.7 Å². The van der Waals surface area contributed by atoms with Gasteiger partial charge in [-0.2, -0.15) is 18.3 Å². The van der Waals surface area contributed by atoms with Gasteiger partial charge in [-0.1, -0.05) is 0 Å². The fourth-order valence-corrected chi connectivity index (χ4v) is 1.69. The molecular weight excluding hydrogens is 313 g/mol. The molecule has 96 valence electrons. The number of nitrogens with one attached hydrogen (secondary N) is 1. The average molecular weight is 321 g/mol. The summed E-state index contributed by atoms with van der Waals surface area (Å²) in [5.41, 5.74) is -0.845. The van der Waals surface area contributed by atoms with Crippen LogP contribution in [-0.4, -0.2) is 14.8 Å². The van der Waals surface area contributed by atoms with Gasteiger partial charge in [-0.15, -0.1) is 0 Å². The average Bonchev–Trinajstić information content (AvgIpc) is 2.65. The van der Waals surface area contributed by atoms with Gasteiger partial charge in [0.2, 0.25) is 0 Å². The largest absolute Gasteiger partial charge is 0.420 e. The maximum absolute atomic E-state index is 12.8. The normalized spacial score (nSPS) is 11.6. The molecule has 0 atom stereocenters. The molecule has 2 rings (SSSR count). The van der Waals surface area contributed by atoms with Crippen LogP contribution in [0.25, 0.3) is 0 Å². The molecule has 0 aliphatic rings. The van der Waals surface area contributed by atoms with E-state index in [1.807, 2.05) is 0 Å². The van der Waals surface area contributed by atoms with Crippen LogP contribution in [0.1, 0.15) is 5.56 Å². The second-order valence-electron chi connectivity index (χ2n) is 3.55. The van der Waals surface area contributed by atoms with Crippen molar-refractivity contribution in [3.8, 4) is 0 Å². The summed E-state index contributed by atoms with van der Waals surface area (Å²) in [5, 5.41) is 6.48. The van der Waals surface area contributed by atoms with Crippen LogP contribution in [0.2, 0.25) is 0 Å². The van der Waals surface area contributed by atoms with E-state index in [1.165, 1.54) is 10.9 Å². The summed E-state index contributed by atoms with van der Waals surface area (Å²) in [6, 6.07) is 2.53. The topological polar surface area (TPSA) is 42.7 Å². The zero-order chi connectivity index (χ0) is 13.3. The van der Waals surface area contributed by atoms with Gasteiger partial charge in [0.05, 0.1) is 5.56 Å². The molecule has 0 bridgehead atoms. The molecule has 2 aromatic rings. The Kier molecular flexibility index (Phi) is 3.29. The van der Waals surface area contributed by atoms with Crippen molar-refractivity contribution >= 4 is 27.6 Å². The van der Waals surface area contributed by atoms with Crippen molar-refractivity contribution < 1.29 is 13.2 Å². The van der Waals surface area contributed by atoms with Crippen molar-refractivity contribution in [1.29, 1.82) is 0 Å². The third-order valence-corrected chi connectivity index (χ3v) is 2.55. The standard InChI is InChI=1S/C10H8BrF3N4/c1-18-3-2-8(17-18)16-9-7(10(12,13)14)4-6(11)5-15-9/h2-5H,1H3,(H,15,16,17). The van der Waals surface area contributed by atoms with Gasteiger partial charge < -0.3 is 5.32 Å². The minimum atomic E-state index is -4.48. The Labute approximate surface area is 109 Å². The summed E-state index contributed by atoms with van der Waals surface area (Å²) in [4.78, 5) is 3.72. The Morgan fingerprint density at radius 3 is 2.67 bits per heavy atom. The number of hydrogen-bond donors (Lipinski definition) is 1. The molecule has 0 amide bonds. The first-order valence-electron chi connectivity index (χ1n) is 4.85. The molecule has 0 aliphatic heterocycles. The Bertz CT molecular complexity index is 564. The maximum atomic E-state index is 12.8. The lowest BCUT2D eigenvalue weighted by Gasteiger charge is -2.12. The van der Waals surface area contributed by atoms with Crippen LogP contribution in [0.3, 0.4) is 0 Å². The van der Waals surface area contributed by atoms with Crippen molar-refractivity contribution in [2.24, 2.45) is 7.05 Å². The van der Waals surface area contributed by atoms with Crippen LogP contribution < -0.4 is 5.32 Å². The lowest BCUT2D eigenvalue weighted by Crippen LogP contribution is -2.10. The first kappa shape index (κ1) is 12.9. The van der Waals surface area contributed by atoms with E-state index >= 15 is 0 Å². The Morgan fingerprint density at radius 1 is 1.39 bits per heavy atom. The zero-order valence-corrected chi connectivity index (χ0v) is 10.7. The van der Waals surface area contributed by atoms with E-state index in [1.54, 1.807) is 19.3 Å². The number of aryl methyl sites for hydroxylation is 1. The van der Waals surface area contributed by atoms with Gasteiger partial charge in [-0.25, -0.2) is 4.98 Å². The van der Waals surface area contributed by atoms with Crippen molar-refractivity contribution in [1.82, 2.24) is 14.8 Å². The molecule has 2 heterocycles. The molecule has 0 unspecified atom stereocenters. The lowest BCUT2D eigenvalue weighted by atomic mass is 10.2. The number of hydrogen-bond acceptors (Lipinski definition) is 3. The predicted molar refractivity (Wildman–Crippen MR) is 63.4 cm³/mol. The van der Waals surface area contributed by atoms with Crippen molar-refractivity contribution in [2.45, 2.75) is 6.18 Å². The lowest BCUT2D eigenvalue weighted by molar-refractivity contribution is -0.137. The van der Waals surface area contributed by atoms with Crippen molar-refractivity contribution in [2.75, 3.05) is 5.32 Å². The SMILES string of the molecule is Cn1ccc(Nc2ncc(Br)cc2C(F)(F)F)n1. The molecule has 8 heteroatoms. The monoisotopic (exact) mass is 320 g/mol. The van der Waals surface area contributed by atoms with Gasteiger partial charge in [0.25, 0.3) is 0 Å². The maximum Gasteiger partial charge on any atom is 0.420 e. The molecule has 0 saturated carbocycles. The summed E-state index contributed by atoms with van der Waals surface area (Å²) in [5.74, 6) is 0.0298. The molecule has 0 fully saturated rings. The Morgan fingerprint density at radius 2 is 2.11 bits per heavy atom. The van der Waals surface area contributed by atoms with Crippen LogP contribution in [0, 0.1) is 0 Å². The zero-order valence-electron chi connectivity index (χ0n) is 9.16. The van der Waals surface area contributed by atoms with E-state index in [4.69, 9.17) is 0 Å². The Hall–Kier alpha value is -1.57. The number of nitrogens with zero attached hydrogens (tertiary/aromatic N) is 3. The Balaban J connectivity index is 2.38. The van der Waals surface area contributed by atoms with E-state index in [0.29, 0.717) is 5.82 Å². The predicted octanol–water partition coefficient (Wildman–Crippen LogP) is 3.34. The van der Waals surface area contributed by atoms with Gasteiger partial charge in [-0.05, 0) is 22.0 Å². The second kappa shape index (κ2) is 4.60. The third kappa shape index (κ3) is 2.81. The summed E-state index contributed by atoms with van der Waals surface area (Å²) in [7, 11) is 1.67. The summed E-state index contributed by atoms with van der Waals surface area (Å²) >= 11 is 2.97. The fraction of sp³-hybridized carbons (Fsp3) is 0.200. The van der Waals surface area contributed by atoms with Crippen LogP contribution in [0.4, 0.5) is 24.8 Å². The molecular formula is C10H8BrF3N4. The fourth-order valence-electron chi connectivity index (χ4n) is 1.36. The highest BCUT2D eigenvalue weighted by Crippen LogP contribution is 2.36. The minimum absolute atomic E-state index is 0.265. The van der Waals surface area contributed by atoms with Gasteiger partial charge in [0, 0.05) is 30.0 Å². The van der Waals surface area contributed by atoms with E-state index in [-0.39, 0.29) is 10.3 Å². The molecule has 0 aromatic carbocycles. The first-order valence-corrected chi connectivity index (χ1v) is 5.65. The second-order valence-corrected chi connectivity index (χ2v) is 4.46. The van der Waals surface area contributed by atoms with Crippen molar-refractivity contribution in [3.63, 3.8) is 0 Å². The number of halogens is 4. The van der Waals surface area contributed by atoms with Crippen LogP contribution in [0.15, 0.2) is 29.0 Å².